The summed E-state index contributed by atoms with van der Waals surface area (Å²) in [5, 5.41) is 23.7. The number of aliphatic carboxylic acids is 2. The summed E-state index contributed by atoms with van der Waals surface area (Å²) in [5.41, 5.74) is 2.14. The molecule has 258 valence electrons. The number of ether oxygens (including phenoxy) is 3. The van der Waals surface area contributed by atoms with Crippen LogP contribution in [0.2, 0.25) is 0 Å². The number of hydrogen-bond acceptors (Lipinski definition) is 8. The Labute approximate surface area is 262 Å². The first kappa shape index (κ1) is 38.1. The smallest absolute Gasteiger partial charge is 0.490 e. The molecule has 1 aliphatic heterocycles. The second kappa shape index (κ2) is 16.5. The molecule has 2 aromatic carbocycles. The lowest BCUT2D eigenvalue weighted by molar-refractivity contribution is -0.193. The summed E-state index contributed by atoms with van der Waals surface area (Å²) >= 11 is 0. The van der Waals surface area contributed by atoms with Crippen LogP contribution in [0.15, 0.2) is 42.7 Å². The van der Waals surface area contributed by atoms with E-state index in [1.54, 1.807) is 19.4 Å². The molecule has 19 heteroatoms. The van der Waals surface area contributed by atoms with E-state index in [4.69, 9.17) is 34.0 Å². The Bertz CT molecular complexity index is 1490. The van der Waals surface area contributed by atoms with Crippen molar-refractivity contribution in [3.63, 3.8) is 0 Å². The molecule has 47 heavy (non-hydrogen) atoms. The molecule has 4 rings (SSSR count). The number of carbonyl (C=O) groups is 3. The van der Waals surface area contributed by atoms with Gasteiger partial charge in [-0.05, 0) is 38.2 Å². The van der Waals surface area contributed by atoms with Gasteiger partial charge in [-0.2, -0.15) is 31.4 Å². The van der Waals surface area contributed by atoms with Gasteiger partial charge < -0.3 is 34.6 Å². The SMILES string of the molecule is COc1ccc2c(c1)OCC(C(=O)Nc1cc(F)c(-c3cn[nH]c3)cc1OCCN(C)C)C2.O=C(O)C(F)(F)F.O=C(O)C(F)(F)F. The van der Waals surface area contributed by atoms with E-state index >= 15 is 0 Å². The number of carboxylic acids is 2. The Morgan fingerprint density at radius 2 is 1.68 bits per heavy atom. The normalized spacial score (nSPS) is 13.9. The standard InChI is InChI=1S/C24H27FN4O4.2C2HF3O2/c1-29(2)6-7-32-23-10-19(17-12-26-27-13-17)20(25)11-21(23)28-24(30)16-8-15-4-5-18(31-3)9-22(15)33-14-16;2*3-2(4,5)1(6)7/h4-5,9-13,16H,6-8,14H2,1-3H3,(H,26,27)(H,28,30);2*(H,6,7). The van der Waals surface area contributed by atoms with Crippen LogP contribution in [-0.4, -0.2) is 96.5 Å². The maximum Gasteiger partial charge on any atom is 0.490 e. The van der Waals surface area contributed by atoms with Crippen LogP contribution in [0, 0.1) is 11.7 Å². The average Bonchev–Trinajstić information content (AvgIpc) is 3.52. The van der Waals surface area contributed by atoms with E-state index < -0.39 is 36.0 Å². The van der Waals surface area contributed by atoms with E-state index in [0.29, 0.717) is 47.9 Å². The summed E-state index contributed by atoms with van der Waals surface area (Å²) in [4.78, 5) is 32.8. The highest BCUT2D eigenvalue weighted by Gasteiger charge is 2.39. The monoisotopic (exact) mass is 682 g/mol. The topological polar surface area (TPSA) is 163 Å². The molecule has 0 aliphatic carbocycles. The molecule has 12 nitrogen and oxygen atoms in total. The third-order valence-corrected chi connectivity index (χ3v) is 5.97. The summed E-state index contributed by atoms with van der Waals surface area (Å²) in [5.74, 6) is -4.87. The van der Waals surface area contributed by atoms with Crippen LogP contribution in [0.1, 0.15) is 5.56 Å². The first-order chi connectivity index (χ1) is 21.8. The van der Waals surface area contributed by atoms with Crippen LogP contribution < -0.4 is 19.5 Å². The van der Waals surface area contributed by atoms with Gasteiger partial charge in [0.2, 0.25) is 5.91 Å². The number of hydrogen-bond donors (Lipinski definition) is 4. The minimum atomic E-state index is -5.08. The molecule has 1 unspecified atom stereocenters. The number of nitrogens with one attached hydrogen (secondary N) is 2. The van der Waals surface area contributed by atoms with Gasteiger partial charge in [0.15, 0.2) is 0 Å². The van der Waals surface area contributed by atoms with Crippen LogP contribution in [0.3, 0.4) is 0 Å². The number of nitrogens with zero attached hydrogens (tertiary/aromatic N) is 2. The highest BCUT2D eigenvalue weighted by molar-refractivity contribution is 5.95. The molecule has 0 fully saturated rings. The van der Waals surface area contributed by atoms with Crippen molar-refractivity contribution in [3.05, 3.63) is 54.1 Å². The molecule has 0 saturated carbocycles. The van der Waals surface area contributed by atoms with Crippen molar-refractivity contribution in [1.29, 1.82) is 0 Å². The molecule has 1 atom stereocenters. The third-order valence-electron chi connectivity index (χ3n) is 5.97. The fraction of sp³-hybridized carbons (Fsp3) is 0.357. The molecule has 0 bridgehead atoms. The summed E-state index contributed by atoms with van der Waals surface area (Å²) in [6, 6.07) is 8.41. The second-order valence-electron chi connectivity index (χ2n) is 9.75. The number of fused-ring (bicyclic) bond motifs is 1. The van der Waals surface area contributed by atoms with Crippen molar-refractivity contribution in [2.45, 2.75) is 18.8 Å². The van der Waals surface area contributed by atoms with Crippen molar-refractivity contribution in [2.24, 2.45) is 5.92 Å². The molecular formula is C28H29F7N4O8. The molecule has 4 N–H and O–H groups in total. The number of aromatic amines is 1. The molecule has 1 amide bonds. The van der Waals surface area contributed by atoms with Gasteiger partial charge in [-0.1, -0.05) is 6.07 Å². The summed E-state index contributed by atoms with van der Waals surface area (Å²) in [6.45, 7) is 1.27. The van der Waals surface area contributed by atoms with E-state index in [1.165, 1.54) is 12.3 Å². The highest BCUT2D eigenvalue weighted by atomic mass is 19.4. The maximum atomic E-state index is 14.9. The number of likely N-dealkylation sites (N-methyl/N-ethyl adjacent to an activating group) is 1. The first-order valence-electron chi connectivity index (χ1n) is 13.1. The van der Waals surface area contributed by atoms with Gasteiger partial charge in [0, 0.05) is 36.0 Å². The van der Waals surface area contributed by atoms with E-state index in [9.17, 15) is 35.5 Å². The lowest BCUT2D eigenvalue weighted by atomic mass is 9.95. The Hall–Kier alpha value is -5.07. The van der Waals surface area contributed by atoms with Gasteiger partial charge in [-0.25, -0.2) is 14.0 Å². The minimum Gasteiger partial charge on any atom is -0.497 e. The first-order valence-corrected chi connectivity index (χ1v) is 13.1. The van der Waals surface area contributed by atoms with Crippen LogP contribution in [0.25, 0.3) is 11.1 Å². The third kappa shape index (κ3) is 12.0. The number of halogens is 7. The lowest BCUT2D eigenvalue weighted by Crippen LogP contribution is -2.32. The van der Waals surface area contributed by atoms with Gasteiger partial charge in [0.05, 0.1) is 24.9 Å². The number of amides is 1. The van der Waals surface area contributed by atoms with Gasteiger partial charge >= 0.3 is 24.3 Å². The minimum absolute atomic E-state index is 0.221. The van der Waals surface area contributed by atoms with Crippen molar-refractivity contribution in [3.8, 4) is 28.4 Å². The van der Waals surface area contributed by atoms with Crippen molar-refractivity contribution in [1.82, 2.24) is 15.1 Å². The zero-order valence-electron chi connectivity index (χ0n) is 24.8. The molecule has 2 heterocycles. The van der Waals surface area contributed by atoms with Crippen molar-refractivity contribution in [2.75, 3.05) is 46.3 Å². The van der Waals surface area contributed by atoms with E-state index in [0.717, 1.165) is 5.56 Å². The highest BCUT2D eigenvalue weighted by Crippen LogP contribution is 2.35. The number of carboxylic acid groups (broad SMARTS) is 2. The molecular weight excluding hydrogens is 653 g/mol. The van der Waals surface area contributed by atoms with Gasteiger partial charge in [0.1, 0.15) is 36.3 Å². The quantitative estimate of drug-likeness (QED) is 0.247. The van der Waals surface area contributed by atoms with Crippen LogP contribution in [0.4, 0.5) is 36.4 Å². The predicted molar refractivity (Wildman–Crippen MR) is 150 cm³/mol. The van der Waals surface area contributed by atoms with E-state index in [-0.39, 0.29) is 18.2 Å². The number of H-pyrrole nitrogens is 1. The number of benzene rings is 2. The van der Waals surface area contributed by atoms with Gasteiger partial charge in [0.25, 0.3) is 0 Å². The molecule has 0 spiro atoms. The van der Waals surface area contributed by atoms with Crippen molar-refractivity contribution >= 4 is 23.5 Å². The molecule has 0 saturated heterocycles. The molecule has 1 aromatic heterocycles. The Balaban J connectivity index is 0.000000459. The average molecular weight is 683 g/mol. The second-order valence-corrected chi connectivity index (χ2v) is 9.75. The van der Waals surface area contributed by atoms with E-state index in [1.807, 2.05) is 37.2 Å². The number of anilines is 1. The molecule has 1 aliphatic rings. The maximum absolute atomic E-state index is 14.9. The van der Waals surface area contributed by atoms with Crippen molar-refractivity contribution < 1.29 is 69.5 Å². The van der Waals surface area contributed by atoms with Crippen LogP contribution >= 0.6 is 0 Å². The zero-order valence-corrected chi connectivity index (χ0v) is 24.8. The Kier molecular flexibility index (Phi) is 13.4. The molecule has 3 aromatic rings. The fourth-order valence-electron chi connectivity index (χ4n) is 3.61. The van der Waals surface area contributed by atoms with Gasteiger partial charge in [-0.3, -0.25) is 9.89 Å². The largest absolute Gasteiger partial charge is 0.497 e. The van der Waals surface area contributed by atoms with Crippen LogP contribution in [-0.2, 0) is 20.8 Å². The summed E-state index contributed by atoms with van der Waals surface area (Å²) < 4.78 is 95.3. The number of methoxy groups -OCH3 is 1. The number of aromatic nitrogens is 2. The Morgan fingerprint density at radius 1 is 1.06 bits per heavy atom. The predicted octanol–water partition coefficient (Wildman–Crippen LogP) is 4.62. The zero-order chi connectivity index (χ0) is 35.5. The Morgan fingerprint density at radius 3 is 2.19 bits per heavy atom. The molecule has 0 radical (unpaired) electrons. The number of rotatable bonds is 8. The van der Waals surface area contributed by atoms with Gasteiger partial charge in [-0.15, -0.1) is 0 Å². The van der Waals surface area contributed by atoms with E-state index in [2.05, 4.69) is 15.5 Å². The lowest BCUT2D eigenvalue weighted by Gasteiger charge is -2.25. The fourth-order valence-corrected chi connectivity index (χ4v) is 3.61. The number of carbonyl (C=O) groups excluding carboxylic acids is 1. The summed E-state index contributed by atoms with van der Waals surface area (Å²) in [7, 11) is 5.46. The number of alkyl halides is 6. The van der Waals surface area contributed by atoms with Crippen LogP contribution in [0.5, 0.6) is 17.2 Å². The summed E-state index contributed by atoms with van der Waals surface area (Å²) in [6.07, 6.45) is -6.52.